The number of nitrogens with zero attached hydrogens (tertiary/aromatic N) is 1. The van der Waals surface area contributed by atoms with Gasteiger partial charge in [0.2, 0.25) is 0 Å². The normalized spacial score (nSPS) is 11.0. The van der Waals surface area contributed by atoms with E-state index in [4.69, 9.17) is 18.6 Å². The molecule has 1 nitrogen and oxygen atoms in total. The second-order valence-corrected chi connectivity index (χ2v) is 9.30. The number of hydrogen-bond donors (Lipinski definition) is 0. The van der Waals surface area contributed by atoms with E-state index in [1.165, 1.54) is 11.1 Å². The predicted octanol–water partition coefficient (Wildman–Crippen LogP) is 5.67. The summed E-state index contributed by atoms with van der Waals surface area (Å²) < 4.78 is 4.50. The zero-order chi connectivity index (χ0) is 12.3. The van der Waals surface area contributed by atoms with E-state index < -0.39 is 15.6 Å². The first kappa shape index (κ1) is 14.4. The standard InChI is InChI=1S/C12H17N.2ClH.Ti/c1-8(2)10-6-5-7-11(9(3)4)12(10)13;;;/h5-9H,1-4H3;2*1H;/q;;;+2/p-2. The Morgan fingerprint density at radius 1 is 1.00 bits per heavy atom. The van der Waals surface area contributed by atoms with Gasteiger partial charge in [-0.25, -0.2) is 0 Å². The summed E-state index contributed by atoms with van der Waals surface area (Å²) in [4.78, 5) is 0. The molecule has 0 unspecified atom stereocenters. The van der Waals surface area contributed by atoms with Crippen LogP contribution in [0.25, 0.3) is 0 Å². The maximum absolute atomic E-state index is 5.93. The van der Waals surface area contributed by atoms with Gasteiger partial charge >= 0.3 is 112 Å². The molecule has 0 spiro atoms. The van der Waals surface area contributed by atoms with Crippen LogP contribution in [0.15, 0.2) is 21.6 Å². The Labute approximate surface area is 112 Å². The molecule has 0 radical (unpaired) electrons. The van der Waals surface area contributed by atoms with Crippen molar-refractivity contribution in [2.75, 3.05) is 0 Å². The van der Waals surface area contributed by atoms with Crippen molar-refractivity contribution in [2.24, 2.45) is 3.42 Å². The number of hydrogen-bond acceptors (Lipinski definition) is 1. The van der Waals surface area contributed by atoms with Gasteiger partial charge < -0.3 is 0 Å². The minimum absolute atomic E-state index is 0.448. The molecule has 0 heterocycles. The van der Waals surface area contributed by atoms with Crippen LogP contribution in [0.1, 0.15) is 50.7 Å². The first-order valence-corrected chi connectivity index (χ1v) is 10.5. The predicted molar refractivity (Wildman–Crippen MR) is 68.4 cm³/mol. The van der Waals surface area contributed by atoms with Crippen LogP contribution in [0.5, 0.6) is 0 Å². The third kappa shape index (κ3) is 3.66. The fourth-order valence-corrected chi connectivity index (χ4v) is 3.09. The molecule has 0 fully saturated rings. The summed E-state index contributed by atoms with van der Waals surface area (Å²) >= 11 is -2.22. The van der Waals surface area contributed by atoms with E-state index in [1.54, 1.807) is 0 Å². The fraction of sp³-hybridized carbons (Fsp3) is 0.500. The van der Waals surface area contributed by atoms with E-state index in [2.05, 4.69) is 49.3 Å². The van der Waals surface area contributed by atoms with Gasteiger partial charge in [0, 0.05) is 0 Å². The molecule has 0 N–H and O–H groups in total. The van der Waals surface area contributed by atoms with Gasteiger partial charge in [-0.05, 0) is 0 Å². The van der Waals surface area contributed by atoms with E-state index in [1.807, 2.05) is 0 Å². The van der Waals surface area contributed by atoms with Crippen LogP contribution < -0.4 is 0 Å². The van der Waals surface area contributed by atoms with Gasteiger partial charge in [0.1, 0.15) is 0 Å². The molecule has 1 aromatic rings. The molecule has 0 saturated carbocycles. The van der Waals surface area contributed by atoms with Crippen molar-refractivity contribution in [1.82, 2.24) is 0 Å². The summed E-state index contributed by atoms with van der Waals surface area (Å²) in [6, 6.07) is 6.32. The van der Waals surface area contributed by atoms with Gasteiger partial charge in [-0.2, -0.15) is 0 Å². The van der Waals surface area contributed by atoms with Crippen LogP contribution in [-0.4, -0.2) is 0 Å². The Kier molecular flexibility index (Phi) is 5.66. The Bertz CT molecular complexity index is 370. The molecular weight excluding hydrogens is 277 g/mol. The van der Waals surface area contributed by atoms with Gasteiger partial charge in [-0.1, -0.05) is 0 Å². The van der Waals surface area contributed by atoms with Crippen LogP contribution >= 0.6 is 18.6 Å². The number of halogens is 2. The molecule has 0 aromatic heterocycles. The Hall–Kier alpha value is 0.314. The maximum atomic E-state index is 5.93. The molecule has 0 aliphatic heterocycles. The van der Waals surface area contributed by atoms with Crippen molar-refractivity contribution in [3.05, 3.63) is 29.3 Å². The molecule has 0 bridgehead atoms. The fourth-order valence-electron chi connectivity index (χ4n) is 1.73. The minimum atomic E-state index is -2.22. The average molecular weight is 294 g/mol. The van der Waals surface area contributed by atoms with E-state index in [0.717, 1.165) is 5.69 Å². The molecular formula is C12H17Cl2NTi. The molecule has 0 aliphatic rings. The van der Waals surface area contributed by atoms with Gasteiger partial charge in [0.25, 0.3) is 0 Å². The summed E-state index contributed by atoms with van der Waals surface area (Å²) in [5, 5.41) is 0. The molecule has 88 valence electrons. The average Bonchev–Trinajstić information content (AvgIpc) is 2.16. The molecule has 1 aromatic carbocycles. The number of rotatable bonds is 3. The first-order chi connectivity index (χ1) is 7.43. The van der Waals surface area contributed by atoms with Crippen molar-refractivity contribution in [1.29, 1.82) is 0 Å². The molecule has 0 aliphatic carbocycles. The third-order valence-electron chi connectivity index (χ3n) is 2.54. The monoisotopic (exact) mass is 293 g/mol. The van der Waals surface area contributed by atoms with Gasteiger partial charge in [0.15, 0.2) is 0 Å². The summed E-state index contributed by atoms with van der Waals surface area (Å²) in [7, 11) is 11.9. The second kappa shape index (κ2) is 6.30. The van der Waals surface area contributed by atoms with Crippen molar-refractivity contribution in [2.45, 2.75) is 39.5 Å². The van der Waals surface area contributed by atoms with Crippen LogP contribution in [0.3, 0.4) is 0 Å². The Morgan fingerprint density at radius 3 is 1.75 bits per heavy atom. The van der Waals surface area contributed by atoms with E-state index in [-0.39, 0.29) is 0 Å². The molecule has 0 saturated heterocycles. The summed E-state index contributed by atoms with van der Waals surface area (Å²) in [5.74, 6) is 0.895. The molecule has 0 amide bonds. The topological polar surface area (TPSA) is 12.4 Å². The zero-order valence-corrected chi connectivity index (χ0v) is 13.2. The van der Waals surface area contributed by atoms with Crippen LogP contribution in [-0.2, 0) is 15.6 Å². The van der Waals surface area contributed by atoms with Crippen molar-refractivity contribution >= 4 is 24.3 Å². The Balaban J connectivity index is 3.41. The number of benzene rings is 1. The van der Waals surface area contributed by atoms with Crippen LogP contribution in [0.4, 0.5) is 5.69 Å². The third-order valence-corrected chi connectivity index (χ3v) is 3.85. The Morgan fingerprint density at radius 2 is 1.44 bits per heavy atom. The SMILES string of the molecule is CC(C)c1cccc(C(C)C)c1[N]=[Ti]([Cl])[Cl]. The summed E-state index contributed by atoms with van der Waals surface area (Å²) in [6.45, 7) is 8.67. The summed E-state index contributed by atoms with van der Waals surface area (Å²) in [5.41, 5.74) is 3.53. The van der Waals surface area contributed by atoms with Crippen LogP contribution in [0, 0.1) is 0 Å². The van der Waals surface area contributed by atoms with Gasteiger partial charge in [0.05, 0.1) is 0 Å². The molecule has 1 rings (SSSR count). The van der Waals surface area contributed by atoms with Gasteiger partial charge in [-0.15, -0.1) is 0 Å². The van der Waals surface area contributed by atoms with Crippen molar-refractivity contribution < 1.29 is 15.6 Å². The quantitative estimate of drug-likeness (QED) is 0.636. The van der Waals surface area contributed by atoms with E-state index in [0.29, 0.717) is 11.8 Å². The molecule has 4 heteroatoms. The van der Waals surface area contributed by atoms with Crippen LogP contribution in [0.2, 0.25) is 0 Å². The molecule has 0 atom stereocenters. The van der Waals surface area contributed by atoms with E-state index in [9.17, 15) is 0 Å². The second-order valence-electron chi connectivity index (χ2n) is 4.45. The first-order valence-electron chi connectivity index (χ1n) is 5.46. The molecule has 16 heavy (non-hydrogen) atoms. The van der Waals surface area contributed by atoms with Crippen molar-refractivity contribution in [3.63, 3.8) is 0 Å². The van der Waals surface area contributed by atoms with Gasteiger partial charge in [-0.3, -0.25) is 0 Å². The summed E-state index contributed by atoms with van der Waals surface area (Å²) in [6.07, 6.45) is 0. The van der Waals surface area contributed by atoms with Crippen molar-refractivity contribution in [3.8, 4) is 0 Å². The van der Waals surface area contributed by atoms with E-state index >= 15 is 0 Å². The zero-order valence-electron chi connectivity index (χ0n) is 10.1.